The largest absolute Gasteiger partial charge is 0.421 e. The number of hydrogen-bond donors (Lipinski definition) is 3. The molecule has 3 N–H and O–H groups in total. The van der Waals surface area contributed by atoms with Gasteiger partial charge in [-0.15, -0.1) is 0 Å². The number of aromatic nitrogens is 3. The van der Waals surface area contributed by atoms with Crippen LogP contribution in [0.2, 0.25) is 0 Å². The molecule has 1 saturated carbocycles. The molecule has 0 aliphatic heterocycles. The highest BCUT2D eigenvalue weighted by Gasteiger charge is 2.48. The normalized spacial score (nSPS) is 20.6. The van der Waals surface area contributed by atoms with Gasteiger partial charge in [-0.3, -0.25) is 0 Å². The van der Waals surface area contributed by atoms with Gasteiger partial charge in [-0.1, -0.05) is 13.8 Å². The van der Waals surface area contributed by atoms with Gasteiger partial charge in [0.1, 0.15) is 18.4 Å². The third kappa shape index (κ3) is 4.89. The molecule has 2 heterocycles. The maximum Gasteiger partial charge on any atom is 0.421 e. The average molecular weight is 464 g/mol. The van der Waals surface area contributed by atoms with E-state index >= 15 is 0 Å². The Labute approximate surface area is 180 Å². The van der Waals surface area contributed by atoms with Crippen LogP contribution in [-0.4, -0.2) is 27.7 Å². The molecule has 0 saturated heterocycles. The molecular formula is C20H24F6N5O+. The number of rotatable bonds is 6. The lowest BCUT2D eigenvalue weighted by Crippen LogP contribution is -2.55. The smallest absolute Gasteiger partial charge is 0.396 e. The van der Waals surface area contributed by atoms with Crippen molar-refractivity contribution in [2.75, 3.05) is 17.2 Å². The second kappa shape index (κ2) is 8.38. The van der Waals surface area contributed by atoms with Gasteiger partial charge in [-0.05, 0) is 17.8 Å². The maximum atomic E-state index is 13.5. The van der Waals surface area contributed by atoms with E-state index in [1.54, 1.807) is 7.05 Å². The zero-order chi connectivity index (χ0) is 23.9. The minimum absolute atomic E-state index is 0.0617. The van der Waals surface area contributed by atoms with Crippen molar-refractivity contribution in [3.8, 4) is 0 Å². The highest BCUT2D eigenvalue weighted by atomic mass is 19.4. The van der Waals surface area contributed by atoms with Gasteiger partial charge in [-0.25, -0.2) is 9.55 Å². The summed E-state index contributed by atoms with van der Waals surface area (Å²) in [7, 11) is 1.56. The first-order chi connectivity index (χ1) is 14.7. The summed E-state index contributed by atoms with van der Waals surface area (Å²) in [5.74, 6) is -0.761. The van der Waals surface area contributed by atoms with Crippen LogP contribution in [0.25, 0.3) is 0 Å². The van der Waals surface area contributed by atoms with Gasteiger partial charge in [0.15, 0.2) is 12.4 Å². The van der Waals surface area contributed by atoms with Crippen LogP contribution in [-0.2, 0) is 25.9 Å². The number of halogens is 6. The number of aryl methyl sites for hydroxylation is 1. The van der Waals surface area contributed by atoms with E-state index in [9.17, 15) is 31.4 Å². The molecule has 0 bridgehead atoms. The Bertz CT molecular complexity index is 976. The molecule has 0 unspecified atom stereocenters. The van der Waals surface area contributed by atoms with Crippen LogP contribution in [0.15, 0.2) is 24.7 Å². The Morgan fingerprint density at radius 1 is 1.16 bits per heavy atom. The fourth-order valence-corrected chi connectivity index (χ4v) is 3.77. The molecule has 32 heavy (non-hydrogen) atoms. The van der Waals surface area contributed by atoms with Crippen LogP contribution in [0.4, 0.5) is 38.1 Å². The number of aliphatic hydroxyl groups excluding tert-OH is 1. The van der Waals surface area contributed by atoms with Crippen molar-refractivity contribution in [2.24, 2.45) is 18.4 Å². The van der Waals surface area contributed by atoms with E-state index in [0.29, 0.717) is 12.6 Å². The first-order valence-corrected chi connectivity index (χ1v) is 9.84. The average Bonchev–Trinajstić information content (AvgIpc) is 2.67. The summed E-state index contributed by atoms with van der Waals surface area (Å²) >= 11 is 0. The minimum atomic E-state index is -4.72. The Morgan fingerprint density at radius 2 is 1.81 bits per heavy atom. The fraction of sp³-hybridized carbons (Fsp3) is 0.550. The standard InChI is InChI=1S/C20H24F6N5O/c1-18(2)12(10-32)6-15(18)29-16-14(20(24,25)26)8-28-17(30-16)27-7-11-9-31(3)5-4-13(11)19(21,22)23/h4-5,8-9,12,15,32H,6-7,10H2,1-3H3,(H2,27,28,29,30)/q+1/t12-,15-/m1/s1. The molecule has 2 atom stereocenters. The summed E-state index contributed by atoms with van der Waals surface area (Å²) in [6.45, 7) is 3.24. The number of nitrogens with one attached hydrogen (secondary N) is 2. The number of anilines is 2. The fourth-order valence-electron chi connectivity index (χ4n) is 3.77. The quantitative estimate of drug-likeness (QED) is 0.449. The van der Waals surface area contributed by atoms with Crippen molar-refractivity contribution in [2.45, 2.75) is 45.2 Å². The van der Waals surface area contributed by atoms with Crippen molar-refractivity contribution < 1.29 is 36.0 Å². The number of pyridine rings is 1. The minimum Gasteiger partial charge on any atom is -0.396 e. The van der Waals surface area contributed by atoms with Crippen molar-refractivity contribution in [3.63, 3.8) is 0 Å². The van der Waals surface area contributed by atoms with Gasteiger partial charge in [-0.2, -0.15) is 31.3 Å². The van der Waals surface area contributed by atoms with Gasteiger partial charge in [0.25, 0.3) is 0 Å². The lowest BCUT2D eigenvalue weighted by Gasteiger charge is -2.52. The third-order valence-electron chi connectivity index (χ3n) is 6.02. The summed E-state index contributed by atoms with van der Waals surface area (Å²) in [5.41, 5.74) is -2.50. The van der Waals surface area contributed by atoms with E-state index in [2.05, 4.69) is 20.6 Å². The molecule has 1 aliphatic rings. The van der Waals surface area contributed by atoms with E-state index in [0.717, 1.165) is 6.07 Å². The van der Waals surface area contributed by atoms with E-state index in [-0.39, 0.29) is 36.6 Å². The molecule has 176 valence electrons. The SMILES string of the molecule is C[n+]1ccc(C(F)(F)F)c(CNc2ncc(C(F)(F)F)c(N[C@@H]3C[C@H](CO)C3(C)C)n2)c1. The molecule has 3 rings (SSSR count). The van der Waals surface area contributed by atoms with Gasteiger partial charge in [0, 0.05) is 37.0 Å². The second-order valence-electron chi connectivity index (χ2n) is 8.49. The molecule has 1 aliphatic carbocycles. The predicted octanol–water partition coefficient (Wildman–Crippen LogP) is 3.77. The van der Waals surface area contributed by atoms with Crippen LogP contribution in [0, 0.1) is 11.3 Å². The Hall–Kier alpha value is -2.63. The first kappa shape index (κ1) is 24.0. The zero-order valence-corrected chi connectivity index (χ0v) is 17.6. The van der Waals surface area contributed by atoms with E-state index < -0.39 is 34.7 Å². The molecule has 2 aromatic rings. The van der Waals surface area contributed by atoms with Gasteiger partial charge < -0.3 is 15.7 Å². The summed E-state index contributed by atoms with van der Waals surface area (Å²) in [6.07, 6.45) is -5.72. The number of aliphatic hydroxyl groups is 1. The van der Waals surface area contributed by atoms with Crippen LogP contribution < -0.4 is 15.2 Å². The van der Waals surface area contributed by atoms with E-state index in [1.165, 1.54) is 17.0 Å². The molecule has 2 aromatic heterocycles. The highest BCUT2D eigenvalue weighted by Crippen LogP contribution is 2.48. The molecule has 12 heteroatoms. The molecule has 6 nitrogen and oxygen atoms in total. The van der Waals surface area contributed by atoms with Crippen molar-refractivity contribution >= 4 is 11.8 Å². The van der Waals surface area contributed by atoms with Gasteiger partial charge in [0.2, 0.25) is 5.95 Å². The van der Waals surface area contributed by atoms with Gasteiger partial charge >= 0.3 is 12.4 Å². The maximum absolute atomic E-state index is 13.5. The molecule has 0 radical (unpaired) electrons. The Balaban J connectivity index is 1.85. The van der Waals surface area contributed by atoms with Crippen LogP contribution in [0.5, 0.6) is 0 Å². The summed E-state index contributed by atoms with van der Waals surface area (Å²) in [4.78, 5) is 7.55. The summed E-state index contributed by atoms with van der Waals surface area (Å²) in [6, 6.07) is 0.557. The van der Waals surface area contributed by atoms with Crippen LogP contribution in [0.1, 0.15) is 37.0 Å². The van der Waals surface area contributed by atoms with E-state index in [4.69, 9.17) is 0 Å². The second-order valence-corrected chi connectivity index (χ2v) is 8.49. The number of alkyl halides is 6. The predicted molar refractivity (Wildman–Crippen MR) is 103 cm³/mol. The van der Waals surface area contributed by atoms with Crippen LogP contribution in [0.3, 0.4) is 0 Å². The molecular weight excluding hydrogens is 440 g/mol. The first-order valence-electron chi connectivity index (χ1n) is 9.84. The zero-order valence-electron chi connectivity index (χ0n) is 17.6. The van der Waals surface area contributed by atoms with Crippen molar-refractivity contribution in [1.29, 1.82) is 0 Å². The Morgan fingerprint density at radius 3 is 2.38 bits per heavy atom. The van der Waals surface area contributed by atoms with E-state index in [1.807, 2.05) is 13.8 Å². The molecule has 1 fully saturated rings. The summed E-state index contributed by atoms with van der Waals surface area (Å²) < 4.78 is 81.6. The molecule has 0 amide bonds. The van der Waals surface area contributed by atoms with Gasteiger partial charge in [0.05, 0.1) is 5.56 Å². The number of nitrogens with zero attached hydrogens (tertiary/aromatic N) is 3. The van der Waals surface area contributed by atoms with Crippen molar-refractivity contribution in [3.05, 3.63) is 41.3 Å². The monoisotopic (exact) mass is 464 g/mol. The lowest BCUT2D eigenvalue weighted by atomic mass is 9.59. The lowest BCUT2D eigenvalue weighted by molar-refractivity contribution is -0.672. The topological polar surface area (TPSA) is 74.0 Å². The molecule has 0 aromatic carbocycles. The third-order valence-corrected chi connectivity index (χ3v) is 6.02. The Kier molecular flexibility index (Phi) is 6.29. The number of hydrogen-bond acceptors (Lipinski definition) is 5. The molecule has 0 spiro atoms. The highest BCUT2D eigenvalue weighted by molar-refractivity contribution is 5.50. The van der Waals surface area contributed by atoms with Crippen molar-refractivity contribution in [1.82, 2.24) is 9.97 Å². The summed E-state index contributed by atoms with van der Waals surface area (Å²) in [5, 5.41) is 14.8. The van der Waals surface area contributed by atoms with Crippen LogP contribution >= 0.6 is 0 Å².